The van der Waals surface area contributed by atoms with Gasteiger partial charge in [0, 0.05) is 5.41 Å². The third-order valence-corrected chi connectivity index (χ3v) is 5.47. The smallest absolute Gasteiger partial charge is 0.400 e. The van der Waals surface area contributed by atoms with E-state index in [1.807, 2.05) is 0 Å². The fraction of sp³-hybridized carbons (Fsp3) is 0.600. The molecular weight excluding hydrogens is 242 g/mol. The lowest BCUT2D eigenvalue weighted by atomic mass is 9.70. The van der Waals surface area contributed by atoms with Crippen molar-refractivity contribution in [1.29, 1.82) is 0 Å². The van der Waals surface area contributed by atoms with E-state index in [4.69, 9.17) is 9.25 Å². The van der Waals surface area contributed by atoms with E-state index in [2.05, 4.69) is 25.9 Å². The molecule has 2 bridgehead atoms. The molecular formula is C15H19NO3. The van der Waals surface area contributed by atoms with Crippen LogP contribution < -0.4 is 0 Å². The molecule has 102 valence electrons. The van der Waals surface area contributed by atoms with Gasteiger partial charge in [-0.1, -0.05) is 25.9 Å². The SMILES string of the molecule is CC12CCC(C/C1=N\OC(=O)c1ccco1)C2(C)C. The van der Waals surface area contributed by atoms with Crippen LogP contribution in [0.25, 0.3) is 0 Å². The summed E-state index contributed by atoms with van der Waals surface area (Å²) < 4.78 is 4.99. The Bertz CT molecular complexity index is 530. The van der Waals surface area contributed by atoms with Crippen LogP contribution in [0.3, 0.4) is 0 Å². The van der Waals surface area contributed by atoms with E-state index in [9.17, 15) is 4.79 Å². The van der Waals surface area contributed by atoms with E-state index >= 15 is 0 Å². The molecule has 19 heavy (non-hydrogen) atoms. The van der Waals surface area contributed by atoms with Crippen LogP contribution in [0.15, 0.2) is 28.0 Å². The maximum atomic E-state index is 11.7. The normalized spacial score (nSPS) is 33.8. The van der Waals surface area contributed by atoms with Crippen molar-refractivity contribution in [2.24, 2.45) is 21.9 Å². The largest absolute Gasteiger partial charge is 0.457 e. The number of rotatable bonds is 2. The van der Waals surface area contributed by atoms with E-state index in [0.29, 0.717) is 5.92 Å². The summed E-state index contributed by atoms with van der Waals surface area (Å²) in [6.45, 7) is 6.82. The standard InChI is InChI=1S/C15H19NO3/c1-14(2)10-6-7-15(14,3)12(9-10)16-19-13(17)11-5-4-8-18-11/h4-5,8,10H,6-7,9H2,1-3H3/b16-12+. The summed E-state index contributed by atoms with van der Waals surface area (Å²) in [5, 5.41) is 4.14. The zero-order valence-corrected chi connectivity index (χ0v) is 11.6. The van der Waals surface area contributed by atoms with Gasteiger partial charge in [0.1, 0.15) is 0 Å². The van der Waals surface area contributed by atoms with Gasteiger partial charge >= 0.3 is 5.97 Å². The van der Waals surface area contributed by atoms with Crippen molar-refractivity contribution in [1.82, 2.24) is 0 Å². The molecule has 3 rings (SSSR count). The van der Waals surface area contributed by atoms with E-state index in [1.54, 1.807) is 12.1 Å². The average molecular weight is 261 g/mol. The lowest BCUT2D eigenvalue weighted by Gasteiger charge is -2.34. The zero-order valence-electron chi connectivity index (χ0n) is 11.6. The maximum absolute atomic E-state index is 11.7. The Balaban J connectivity index is 1.78. The van der Waals surface area contributed by atoms with Gasteiger partial charge in [0.25, 0.3) is 0 Å². The molecule has 4 heteroatoms. The number of furan rings is 1. The van der Waals surface area contributed by atoms with E-state index in [0.717, 1.165) is 18.6 Å². The van der Waals surface area contributed by atoms with Gasteiger partial charge in [0.05, 0.1) is 12.0 Å². The molecule has 1 aromatic heterocycles. The van der Waals surface area contributed by atoms with E-state index < -0.39 is 5.97 Å². The summed E-state index contributed by atoms with van der Waals surface area (Å²) in [6.07, 6.45) is 4.76. The second-order valence-electron chi connectivity index (χ2n) is 6.39. The Morgan fingerprint density at radius 3 is 2.79 bits per heavy atom. The number of carbonyl (C=O) groups is 1. The summed E-state index contributed by atoms with van der Waals surface area (Å²) >= 11 is 0. The molecule has 0 saturated heterocycles. The van der Waals surface area contributed by atoms with Crippen LogP contribution in [0.4, 0.5) is 0 Å². The predicted molar refractivity (Wildman–Crippen MR) is 70.8 cm³/mol. The van der Waals surface area contributed by atoms with Crippen molar-refractivity contribution >= 4 is 11.7 Å². The summed E-state index contributed by atoms with van der Waals surface area (Å²) in [7, 11) is 0. The summed E-state index contributed by atoms with van der Waals surface area (Å²) in [6, 6.07) is 3.24. The quantitative estimate of drug-likeness (QED) is 0.603. The van der Waals surface area contributed by atoms with E-state index in [1.165, 1.54) is 12.7 Å². The second-order valence-corrected chi connectivity index (χ2v) is 6.39. The van der Waals surface area contributed by atoms with Crippen molar-refractivity contribution in [2.45, 2.75) is 40.0 Å². The highest BCUT2D eigenvalue weighted by molar-refractivity contribution is 5.95. The molecule has 2 atom stereocenters. The second kappa shape index (κ2) is 3.95. The van der Waals surface area contributed by atoms with Crippen LogP contribution in [-0.2, 0) is 4.84 Å². The fourth-order valence-corrected chi connectivity index (χ4v) is 3.60. The van der Waals surface area contributed by atoms with Gasteiger partial charge in [0.15, 0.2) is 0 Å². The Labute approximate surface area is 112 Å². The molecule has 2 unspecified atom stereocenters. The minimum absolute atomic E-state index is 0.0567. The minimum Gasteiger partial charge on any atom is -0.457 e. The third kappa shape index (κ3) is 1.66. The Hall–Kier alpha value is -1.58. The fourth-order valence-electron chi connectivity index (χ4n) is 3.60. The van der Waals surface area contributed by atoms with Crippen molar-refractivity contribution < 1.29 is 14.0 Å². The van der Waals surface area contributed by atoms with E-state index in [-0.39, 0.29) is 16.6 Å². The first-order valence-electron chi connectivity index (χ1n) is 6.77. The molecule has 0 aromatic carbocycles. The Morgan fingerprint density at radius 1 is 1.47 bits per heavy atom. The molecule has 0 amide bonds. The van der Waals surface area contributed by atoms with Crippen LogP contribution in [-0.4, -0.2) is 11.7 Å². The lowest BCUT2D eigenvalue weighted by molar-refractivity contribution is 0.0472. The molecule has 0 spiro atoms. The molecule has 0 N–H and O–H groups in total. The third-order valence-electron chi connectivity index (χ3n) is 5.47. The first-order chi connectivity index (χ1) is 8.95. The number of nitrogens with zero attached hydrogens (tertiary/aromatic N) is 1. The number of oxime groups is 1. The van der Waals surface area contributed by atoms with Gasteiger partial charge in [0.2, 0.25) is 5.76 Å². The van der Waals surface area contributed by atoms with Gasteiger partial charge in [-0.2, -0.15) is 0 Å². The summed E-state index contributed by atoms with van der Waals surface area (Å²) in [5.41, 5.74) is 1.32. The van der Waals surface area contributed by atoms with Crippen LogP contribution in [0.1, 0.15) is 50.6 Å². The van der Waals surface area contributed by atoms with Crippen molar-refractivity contribution in [3.05, 3.63) is 24.2 Å². The summed E-state index contributed by atoms with van der Waals surface area (Å²) in [4.78, 5) is 16.7. The van der Waals surface area contributed by atoms with Crippen LogP contribution in [0.5, 0.6) is 0 Å². The first kappa shape index (κ1) is 12.5. The van der Waals surface area contributed by atoms with Gasteiger partial charge < -0.3 is 9.25 Å². The van der Waals surface area contributed by atoms with Crippen molar-refractivity contribution in [3.8, 4) is 0 Å². The number of hydrogen-bond donors (Lipinski definition) is 0. The molecule has 0 aliphatic heterocycles. The topological polar surface area (TPSA) is 51.8 Å². The summed E-state index contributed by atoms with van der Waals surface area (Å²) in [5.74, 6) is 0.317. The van der Waals surface area contributed by atoms with Gasteiger partial charge in [-0.15, -0.1) is 0 Å². The monoisotopic (exact) mass is 261 g/mol. The lowest BCUT2D eigenvalue weighted by Crippen LogP contribution is -2.32. The highest BCUT2D eigenvalue weighted by Crippen LogP contribution is 2.63. The molecule has 2 aliphatic carbocycles. The molecule has 2 aliphatic rings. The molecule has 2 fully saturated rings. The number of fused-ring (bicyclic) bond motifs is 2. The first-order valence-corrected chi connectivity index (χ1v) is 6.77. The molecule has 2 saturated carbocycles. The Morgan fingerprint density at radius 2 is 2.26 bits per heavy atom. The average Bonchev–Trinajstić information content (AvgIpc) is 3.01. The van der Waals surface area contributed by atoms with Gasteiger partial charge in [-0.25, -0.2) is 4.79 Å². The van der Waals surface area contributed by atoms with Crippen molar-refractivity contribution in [2.75, 3.05) is 0 Å². The predicted octanol–water partition coefficient (Wildman–Crippen LogP) is 3.64. The number of carbonyl (C=O) groups excluding carboxylic acids is 1. The van der Waals surface area contributed by atoms with Crippen LogP contribution in [0.2, 0.25) is 0 Å². The molecule has 0 radical (unpaired) electrons. The van der Waals surface area contributed by atoms with Gasteiger partial charge in [-0.05, 0) is 42.7 Å². The van der Waals surface area contributed by atoms with Crippen LogP contribution >= 0.6 is 0 Å². The molecule has 1 heterocycles. The maximum Gasteiger partial charge on any atom is 0.400 e. The highest BCUT2D eigenvalue weighted by atomic mass is 16.7. The molecule has 4 nitrogen and oxygen atoms in total. The zero-order chi connectivity index (χ0) is 13.7. The van der Waals surface area contributed by atoms with Crippen molar-refractivity contribution in [3.63, 3.8) is 0 Å². The Kier molecular flexibility index (Phi) is 2.59. The van der Waals surface area contributed by atoms with Gasteiger partial charge in [-0.3, -0.25) is 0 Å². The highest BCUT2D eigenvalue weighted by Gasteiger charge is 2.60. The number of hydrogen-bond acceptors (Lipinski definition) is 4. The molecule has 1 aromatic rings. The van der Waals surface area contributed by atoms with Crippen LogP contribution in [0, 0.1) is 16.7 Å². The minimum atomic E-state index is -0.526.